The second-order valence-electron chi connectivity index (χ2n) is 4.97. The predicted molar refractivity (Wildman–Crippen MR) is 84.2 cm³/mol. The van der Waals surface area contributed by atoms with Gasteiger partial charge in [-0.2, -0.15) is 13.9 Å². The van der Waals surface area contributed by atoms with Gasteiger partial charge in [-0.1, -0.05) is 11.6 Å². The van der Waals surface area contributed by atoms with Crippen molar-refractivity contribution in [2.45, 2.75) is 33.5 Å². The van der Waals surface area contributed by atoms with Crippen molar-refractivity contribution in [2.24, 2.45) is 0 Å². The van der Waals surface area contributed by atoms with Crippen LogP contribution in [0.2, 0.25) is 5.02 Å². The Morgan fingerprint density at radius 3 is 2.74 bits per heavy atom. The minimum atomic E-state index is -2.91. The summed E-state index contributed by atoms with van der Waals surface area (Å²) in [7, 11) is 0. The molecule has 126 valence electrons. The summed E-state index contributed by atoms with van der Waals surface area (Å²) >= 11 is 5.92. The zero-order chi connectivity index (χ0) is 17.0. The van der Waals surface area contributed by atoms with Crippen LogP contribution < -0.4 is 10.1 Å². The lowest BCUT2D eigenvalue weighted by Crippen LogP contribution is -2.07. The van der Waals surface area contributed by atoms with E-state index in [2.05, 4.69) is 15.2 Å². The van der Waals surface area contributed by atoms with Gasteiger partial charge in [0.1, 0.15) is 5.75 Å². The lowest BCUT2D eigenvalue weighted by molar-refractivity contribution is -0.0497. The van der Waals surface area contributed by atoms with E-state index < -0.39 is 6.61 Å². The van der Waals surface area contributed by atoms with E-state index in [4.69, 9.17) is 16.7 Å². The number of rotatable bonds is 7. The Labute approximate surface area is 137 Å². The van der Waals surface area contributed by atoms with Crippen molar-refractivity contribution in [1.82, 2.24) is 9.78 Å². The standard InChI is InChI=1S/C15H18ClF2N3O2/c1-9-12(10(2)21(20-9)5-6-22)8-19-11-3-4-14(13(16)7-11)23-15(17)18/h3-4,7,15,19,22H,5-6,8H2,1-2H3. The molecule has 1 aromatic carbocycles. The second-order valence-corrected chi connectivity index (χ2v) is 5.38. The molecule has 0 saturated heterocycles. The maximum absolute atomic E-state index is 12.2. The molecule has 5 nitrogen and oxygen atoms in total. The van der Waals surface area contributed by atoms with Gasteiger partial charge < -0.3 is 15.2 Å². The van der Waals surface area contributed by atoms with Gasteiger partial charge in [0.2, 0.25) is 0 Å². The van der Waals surface area contributed by atoms with Crippen LogP contribution in [0.1, 0.15) is 17.0 Å². The fourth-order valence-electron chi connectivity index (χ4n) is 2.30. The molecule has 0 aliphatic heterocycles. The van der Waals surface area contributed by atoms with Gasteiger partial charge in [-0.05, 0) is 32.0 Å². The summed E-state index contributed by atoms with van der Waals surface area (Å²) in [5, 5.41) is 16.7. The molecule has 0 atom stereocenters. The van der Waals surface area contributed by atoms with E-state index in [9.17, 15) is 8.78 Å². The third kappa shape index (κ3) is 4.33. The molecular weight excluding hydrogens is 328 g/mol. The Balaban J connectivity index is 2.08. The van der Waals surface area contributed by atoms with E-state index in [1.165, 1.54) is 12.1 Å². The van der Waals surface area contributed by atoms with Crippen molar-refractivity contribution in [1.29, 1.82) is 0 Å². The van der Waals surface area contributed by atoms with E-state index in [0.29, 0.717) is 18.8 Å². The first-order valence-corrected chi connectivity index (χ1v) is 7.42. The first-order valence-electron chi connectivity index (χ1n) is 7.04. The number of hydrogen-bond donors (Lipinski definition) is 2. The number of halogens is 3. The number of aliphatic hydroxyl groups is 1. The first kappa shape index (κ1) is 17.5. The van der Waals surface area contributed by atoms with Crippen LogP contribution in [0, 0.1) is 13.8 Å². The fraction of sp³-hybridized carbons (Fsp3) is 0.400. The summed E-state index contributed by atoms with van der Waals surface area (Å²) in [6.07, 6.45) is 0. The highest BCUT2D eigenvalue weighted by atomic mass is 35.5. The van der Waals surface area contributed by atoms with Crippen molar-refractivity contribution in [3.8, 4) is 5.75 Å². The molecule has 0 spiro atoms. The van der Waals surface area contributed by atoms with Gasteiger partial charge in [0.15, 0.2) is 0 Å². The van der Waals surface area contributed by atoms with Gasteiger partial charge in [-0.3, -0.25) is 4.68 Å². The third-order valence-electron chi connectivity index (χ3n) is 3.46. The Bertz CT molecular complexity index is 677. The Morgan fingerprint density at radius 2 is 2.13 bits per heavy atom. The molecule has 0 amide bonds. The fourth-order valence-corrected chi connectivity index (χ4v) is 2.52. The van der Waals surface area contributed by atoms with Crippen LogP contribution in [0.25, 0.3) is 0 Å². The van der Waals surface area contributed by atoms with Crippen molar-refractivity contribution in [3.05, 3.63) is 40.2 Å². The number of nitrogens with zero attached hydrogens (tertiary/aromatic N) is 2. The molecule has 0 aliphatic rings. The monoisotopic (exact) mass is 345 g/mol. The van der Waals surface area contributed by atoms with Crippen LogP contribution in [0.15, 0.2) is 18.2 Å². The lowest BCUT2D eigenvalue weighted by Gasteiger charge is -2.11. The molecule has 1 aromatic heterocycles. The van der Waals surface area contributed by atoms with Crippen molar-refractivity contribution < 1.29 is 18.6 Å². The average Bonchev–Trinajstić information content (AvgIpc) is 2.74. The van der Waals surface area contributed by atoms with Crippen LogP contribution >= 0.6 is 11.6 Å². The summed E-state index contributed by atoms with van der Waals surface area (Å²) in [4.78, 5) is 0. The molecule has 2 aromatic rings. The van der Waals surface area contributed by atoms with Gasteiger partial charge in [-0.25, -0.2) is 0 Å². The predicted octanol–water partition coefficient (Wildman–Crippen LogP) is 3.36. The van der Waals surface area contributed by atoms with Gasteiger partial charge in [-0.15, -0.1) is 0 Å². The number of ether oxygens (including phenoxy) is 1. The number of hydrogen-bond acceptors (Lipinski definition) is 4. The third-order valence-corrected chi connectivity index (χ3v) is 3.76. The zero-order valence-corrected chi connectivity index (χ0v) is 13.6. The number of aryl methyl sites for hydroxylation is 1. The normalized spacial score (nSPS) is 11.1. The average molecular weight is 346 g/mol. The van der Waals surface area contributed by atoms with E-state index >= 15 is 0 Å². The quantitative estimate of drug-likeness (QED) is 0.808. The maximum Gasteiger partial charge on any atom is 0.387 e. The van der Waals surface area contributed by atoms with E-state index in [1.54, 1.807) is 10.7 Å². The number of anilines is 1. The molecule has 1 heterocycles. The molecule has 8 heteroatoms. The van der Waals surface area contributed by atoms with Gasteiger partial charge in [0.25, 0.3) is 0 Å². The van der Waals surface area contributed by atoms with Crippen molar-refractivity contribution in [3.63, 3.8) is 0 Å². The van der Waals surface area contributed by atoms with Crippen LogP contribution in [0.3, 0.4) is 0 Å². The first-order chi connectivity index (χ1) is 10.9. The van der Waals surface area contributed by atoms with Gasteiger partial charge >= 0.3 is 6.61 Å². The topological polar surface area (TPSA) is 59.3 Å². The molecular formula is C15H18ClF2N3O2. The number of alkyl halides is 2. The minimum Gasteiger partial charge on any atom is -0.433 e. The van der Waals surface area contributed by atoms with Crippen LogP contribution in [-0.4, -0.2) is 28.1 Å². The molecule has 0 unspecified atom stereocenters. The summed E-state index contributed by atoms with van der Waals surface area (Å²) in [5.41, 5.74) is 3.54. The zero-order valence-electron chi connectivity index (χ0n) is 12.8. The van der Waals surface area contributed by atoms with Crippen LogP contribution in [-0.2, 0) is 13.1 Å². The Morgan fingerprint density at radius 1 is 1.39 bits per heavy atom. The molecule has 0 radical (unpaired) electrons. The summed E-state index contributed by atoms with van der Waals surface area (Å²) < 4.78 is 30.5. The molecule has 0 fully saturated rings. The second kappa shape index (κ2) is 7.61. The molecule has 23 heavy (non-hydrogen) atoms. The number of aromatic nitrogens is 2. The van der Waals surface area contributed by atoms with E-state index in [-0.39, 0.29) is 17.4 Å². The highest BCUT2D eigenvalue weighted by molar-refractivity contribution is 6.32. The Kier molecular flexibility index (Phi) is 5.79. The van der Waals surface area contributed by atoms with Crippen molar-refractivity contribution >= 4 is 17.3 Å². The number of benzene rings is 1. The maximum atomic E-state index is 12.2. The summed E-state index contributed by atoms with van der Waals surface area (Å²) in [6.45, 7) is 1.89. The van der Waals surface area contributed by atoms with Crippen LogP contribution in [0.4, 0.5) is 14.5 Å². The van der Waals surface area contributed by atoms with Gasteiger partial charge in [0, 0.05) is 23.5 Å². The highest BCUT2D eigenvalue weighted by Crippen LogP contribution is 2.29. The number of aliphatic hydroxyl groups excluding tert-OH is 1. The molecule has 0 saturated carbocycles. The van der Waals surface area contributed by atoms with Crippen molar-refractivity contribution in [2.75, 3.05) is 11.9 Å². The molecule has 0 bridgehead atoms. The molecule has 2 rings (SSSR count). The van der Waals surface area contributed by atoms with Crippen LogP contribution in [0.5, 0.6) is 5.75 Å². The number of nitrogens with one attached hydrogen (secondary N) is 1. The highest BCUT2D eigenvalue weighted by Gasteiger charge is 2.12. The van der Waals surface area contributed by atoms with E-state index in [0.717, 1.165) is 17.0 Å². The largest absolute Gasteiger partial charge is 0.433 e. The SMILES string of the molecule is Cc1nn(CCO)c(C)c1CNc1ccc(OC(F)F)c(Cl)c1. The minimum absolute atomic E-state index is 0.0238. The Hall–Kier alpha value is -1.86. The smallest absolute Gasteiger partial charge is 0.387 e. The van der Waals surface area contributed by atoms with E-state index in [1.807, 2.05) is 13.8 Å². The summed E-state index contributed by atoms with van der Waals surface area (Å²) in [6, 6.07) is 4.54. The molecule has 2 N–H and O–H groups in total. The van der Waals surface area contributed by atoms with Gasteiger partial charge in [0.05, 0.1) is 23.9 Å². The lowest BCUT2D eigenvalue weighted by atomic mass is 10.2. The summed E-state index contributed by atoms with van der Waals surface area (Å²) in [5.74, 6) is -0.0599. The molecule has 0 aliphatic carbocycles.